The number of nitrogens with zero attached hydrogens (tertiary/aromatic N) is 1. The van der Waals surface area contributed by atoms with E-state index in [1.165, 1.54) is 6.08 Å². The Morgan fingerprint density at radius 2 is 1.83 bits per heavy atom. The van der Waals surface area contributed by atoms with Crippen LogP contribution in [0.15, 0.2) is 30.3 Å². The van der Waals surface area contributed by atoms with Crippen molar-refractivity contribution in [2.75, 3.05) is 25.0 Å². The molecule has 2 amide bonds. The Balaban J connectivity index is 2.36. The highest BCUT2D eigenvalue weighted by molar-refractivity contribution is 7.18. The van der Waals surface area contributed by atoms with Gasteiger partial charge >= 0.3 is 5.97 Å². The summed E-state index contributed by atoms with van der Waals surface area (Å²) in [4.78, 5) is 39.9. The van der Waals surface area contributed by atoms with E-state index >= 15 is 0 Å². The Hall–Kier alpha value is -2.64. The molecular formula is C22H25ClN2O4S. The summed E-state index contributed by atoms with van der Waals surface area (Å²) >= 11 is 7.18. The third-order valence-corrected chi connectivity index (χ3v) is 5.97. The summed E-state index contributed by atoms with van der Waals surface area (Å²) < 4.78 is 5.14. The van der Waals surface area contributed by atoms with Crippen LogP contribution < -0.4 is 5.32 Å². The molecule has 1 aromatic carbocycles. The van der Waals surface area contributed by atoms with E-state index in [0.29, 0.717) is 34.1 Å². The summed E-state index contributed by atoms with van der Waals surface area (Å²) in [6.45, 7) is 8.44. The van der Waals surface area contributed by atoms with Gasteiger partial charge in [0, 0.05) is 24.2 Å². The zero-order valence-corrected chi connectivity index (χ0v) is 19.0. The standard InChI is InChI=1S/C22H25ClN2O4S/c1-5-25(6-2)21(27)19-14(4)18(22(28)29-7-3)20(30-19)24-17(26)13-12-15-10-8-9-11-16(15)23/h8-13H,5-7H2,1-4H3,(H,24,26)/b13-12+. The van der Waals surface area contributed by atoms with Crippen LogP contribution in [0.5, 0.6) is 0 Å². The van der Waals surface area contributed by atoms with Crippen LogP contribution in [0.3, 0.4) is 0 Å². The molecule has 0 fully saturated rings. The maximum atomic E-state index is 12.9. The molecule has 0 aliphatic rings. The maximum absolute atomic E-state index is 12.9. The first-order chi connectivity index (χ1) is 14.3. The van der Waals surface area contributed by atoms with Crippen molar-refractivity contribution in [1.29, 1.82) is 0 Å². The molecule has 1 heterocycles. The van der Waals surface area contributed by atoms with Gasteiger partial charge < -0.3 is 15.0 Å². The van der Waals surface area contributed by atoms with E-state index in [2.05, 4.69) is 5.32 Å². The number of amides is 2. The number of hydrogen-bond acceptors (Lipinski definition) is 5. The van der Waals surface area contributed by atoms with E-state index in [9.17, 15) is 14.4 Å². The van der Waals surface area contributed by atoms with E-state index in [-0.39, 0.29) is 23.1 Å². The summed E-state index contributed by atoms with van der Waals surface area (Å²) in [6, 6.07) is 7.13. The van der Waals surface area contributed by atoms with Crippen LogP contribution in [0.25, 0.3) is 6.08 Å². The van der Waals surface area contributed by atoms with Gasteiger partial charge in [-0.05, 0) is 51.0 Å². The third kappa shape index (κ3) is 5.49. The first-order valence-corrected chi connectivity index (χ1v) is 10.9. The van der Waals surface area contributed by atoms with Gasteiger partial charge in [-0.3, -0.25) is 9.59 Å². The molecule has 0 aliphatic carbocycles. The number of benzene rings is 1. The molecule has 2 aromatic rings. The van der Waals surface area contributed by atoms with Gasteiger partial charge in [0.15, 0.2) is 0 Å². The molecule has 0 spiro atoms. The van der Waals surface area contributed by atoms with Gasteiger partial charge in [0.25, 0.3) is 5.91 Å². The number of rotatable bonds is 8. The van der Waals surface area contributed by atoms with E-state index in [4.69, 9.17) is 16.3 Å². The number of ether oxygens (including phenoxy) is 1. The van der Waals surface area contributed by atoms with Crippen molar-refractivity contribution in [3.8, 4) is 0 Å². The number of carbonyl (C=O) groups is 3. The lowest BCUT2D eigenvalue weighted by molar-refractivity contribution is -0.111. The van der Waals surface area contributed by atoms with Crippen LogP contribution in [-0.2, 0) is 9.53 Å². The molecule has 8 heteroatoms. The summed E-state index contributed by atoms with van der Waals surface area (Å²) in [5.41, 5.74) is 1.40. The van der Waals surface area contributed by atoms with Crippen LogP contribution in [-0.4, -0.2) is 42.4 Å². The minimum atomic E-state index is -0.574. The Morgan fingerprint density at radius 3 is 2.43 bits per heavy atom. The fraction of sp³-hybridized carbons (Fsp3) is 0.318. The minimum absolute atomic E-state index is 0.180. The van der Waals surface area contributed by atoms with Crippen LogP contribution in [0, 0.1) is 6.92 Å². The predicted molar refractivity (Wildman–Crippen MR) is 121 cm³/mol. The lowest BCUT2D eigenvalue weighted by Crippen LogP contribution is -2.30. The topological polar surface area (TPSA) is 75.7 Å². The molecule has 0 bridgehead atoms. The Bertz CT molecular complexity index is 964. The normalized spacial score (nSPS) is 10.8. The molecular weight excluding hydrogens is 424 g/mol. The van der Waals surface area contributed by atoms with Crippen molar-refractivity contribution < 1.29 is 19.1 Å². The molecule has 0 saturated carbocycles. The second-order valence-electron chi connectivity index (χ2n) is 6.30. The highest BCUT2D eigenvalue weighted by Gasteiger charge is 2.28. The number of anilines is 1. The van der Waals surface area contributed by atoms with E-state index in [0.717, 1.165) is 11.3 Å². The van der Waals surface area contributed by atoms with Crippen LogP contribution in [0.1, 0.15) is 51.9 Å². The van der Waals surface area contributed by atoms with E-state index < -0.39 is 11.9 Å². The Morgan fingerprint density at radius 1 is 1.17 bits per heavy atom. The average Bonchev–Trinajstić information content (AvgIpc) is 3.04. The van der Waals surface area contributed by atoms with Gasteiger partial charge in [-0.1, -0.05) is 29.8 Å². The number of hydrogen-bond donors (Lipinski definition) is 1. The summed E-state index contributed by atoms with van der Waals surface area (Å²) in [7, 11) is 0. The minimum Gasteiger partial charge on any atom is -0.462 e. The lowest BCUT2D eigenvalue weighted by Gasteiger charge is -2.18. The molecule has 0 saturated heterocycles. The average molecular weight is 449 g/mol. The van der Waals surface area contributed by atoms with Crippen molar-refractivity contribution in [3.05, 3.63) is 56.9 Å². The van der Waals surface area contributed by atoms with Crippen molar-refractivity contribution >= 4 is 51.8 Å². The number of esters is 1. The summed E-state index contributed by atoms with van der Waals surface area (Å²) in [5, 5.41) is 3.52. The first-order valence-electron chi connectivity index (χ1n) is 9.67. The monoisotopic (exact) mass is 448 g/mol. The molecule has 2 rings (SSSR count). The fourth-order valence-electron chi connectivity index (χ4n) is 2.84. The zero-order valence-electron chi connectivity index (χ0n) is 17.5. The third-order valence-electron chi connectivity index (χ3n) is 4.43. The number of carbonyl (C=O) groups excluding carboxylic acids is 3. The van der Waals surface area contributed by atoms with Gasteiger partial charge in [0.2, 0.25) is 5.91 Å². The van der Waals surface area contributed by atoms with Crippen molar-refractivity contribution in [1.82, 2.24) is 4.90 Å². The molecule has 160 valence electrons. The largest absolute Gasteiger partial charge is 0.462 e. The molecule has 0 radical (unpaired) electrons. The first kappa shape index (κ1) is 23.6. The van der Waals surface area contributed by atoms with Crippen LogP contribution >= 0.6 is 22.9 Å². The fourth-order valence-corrected chi connectivity index (χ4v) is 4.20. The molecule has 0 atom stereocenters. The van der Waals surface area contributed by atoms with Gasteiger partial charge in [-0.2, -0.15) is 0 Å². The maximum Gasteiger partial charge on any atom is 0.341 e. The highest BCUT2D eigenvalue weighted by Crippen LogP contribution is 2.34. The van der Waals surface area contributed by atoms with Crippen molar-refractivity contribution in [2.24, 2.45) is 0 Å². The molecule has 30 heavy (non-hydrogen) atoms. The molecule has 1 aromatic heterocycles. The molecule has 0 aliphatic heterocycles. The van der Waals surface area contributed by atoms with Gasteiger partial charge in [0.1, 0.15) is 5.00 Å². The summed E-state index contributed by atoms with van der Waals surface area (Å²) in [5.74, 6) is -1.20. The van der Waals surface area contributed by atoms with Crippen LogP contribution in [0.2, 0.25) is 5.02 Å². The number of nitrogens with one attached hydrogen (secondary N) is 1. The lowest BCUT2D eigenvalue weighted by atomic mass is 10.1. The summed E-state index contributed by atoms with van der Waals surface area (Å²) in [6.07, 6.45) is 2.92. The predicted octanol–water partition coefficient (Wildman–Crippen LogP) is 5.02. The molecule has 0 unspecified atom stereocenters. The second-order valence-corrected chi connectivity index (χ2v) is 7.73. The van der Waals surface area contributed by atoms with Gasteiger partial charge in [-0.15, -0.1) is 11.3 Å². The quantitative estimate of drug-likeness (QED) is 0.454. The number of halogens is 1. The van der Waals surface area contributed by atoms with Crippen molar-refractivity contribution in [2.45, 2.75) is 27.7 Å². The Labute approximate surface area is 185 Å². The smallest absolute Gasteiger partial charge is 0.341 e. The van der Waals surface area contributed by atoms with Gasteiger partial charge in [-0.25, -0.2) is 4.79 Å². The number of thiophene rings is 1. The zero-order chi connectivity index (χ0) is 22.3. The Kier molecular flexibility index (Phi) is 8.62. The van der Waals surface area contributed by atoms with E-state index in [1.807, 2.05) is 19.9 Å². The van der Waals surface area contributed by atoms with Crippen LogP contribution in [0.4, 0.5) is 5.00 Å². The SMILES string of the molecule is CCOC(=O)c1c(NC(=O)/C=C/c2ccccc2Cl)sc(C(=O)N(CC)CC)c1C. The van der Waals surface area contributed by atoms with E-state index in [1.54, 1.807) is 43.0 Å². The molecule has 6 nitrogen and oxygen atoms in total. The van der Waals surface area contributed by atoms with Crippen molar-refractivity contribution in [3.63, 3.8) is 0 Å². The van der Waals surface area contributed by atoms with Gasteiger partial charge in [0.05, 0.1) is 17.0 Å². The highest BCUT2D eigenvalue weighted by atomic mass is 35.5. The molecule has 1 N–H and O–H groups in total. The second kappa shape index (κ2) is 10.9.